The molecular weight excluding hydrogens is 270 g/mol. The minimum absolute atomic E-state index is 0.0545. The fourth-order valence-corrected chi connectivity index (χ4v) is 2.78. The minimum atomic E-state index is -0.0545. The normalized spacial score (nSPS) is 13.3. The number of fused-ring (bicyclic) bond motifs is 1. The number of carbonyl (C=O) groups is 1. The molecule has 0 unspecified atom stereocenters. The zero-order valence-electron chi connectivity index (χ0n) is 14.3. The monoisotopic (exact) mass is 297 g/mol. The van der Waals surface area contributed by atoms with E-state index in [9.17, 15) is 4.79 Å². The first-order chi connectivity index (χ1) is 10.4. The Morgan fingerprint density at radius 2 is 1.64 bits per heavy atom. The Hall–Kier alpha value is -1.67. The van der Waals surface area contributed by atoms with Gasteiger partial charge in [0.25, 0.3) is 0 Å². The number of benzene rings is 2. The van der Waals surface area contributed by atoms with Crippen molar-refractivity contribution in [2.75, 3.05) is 7.05 Å². The molecule has 0 aromatic heterocycles. The van der Waals surface area contributed by atoms with Gasteiger partial charge < -0.3 is 0 Å². The van der Waals surface area contributed by atoms with Crippen molar-refractivity contribution in [1.29, 1.82) is 0 Å². The SMILES string of the molecule is CC(C)C(=O)[C@H](Cc1ccc2ccccc2c1)N(C)C(C)C. The van der Waals surface area contributed by atoms with E-state index in [0.717, 1.165) is 6.42 Å². The van der Waals surface area contributed by atoms with Crippen LogP contribution < -0.4 is 0 Å². The predicted octanol–water partition coefficient (Wildman–Crippen LogP) is 4.32. The molecule has 0 heterocycles. The van der Waals surface area contributed by atoms with Gasteiger partial charge in [-0.1, -0.05) is 56.3 Å². The largest absolute Gasteiger partial charge is 0.298 e. The van der Waals surface area contributed by atoms with Gasteiger partial charge in [-0.15, -0.1) is 0 Å². The lowest BCUT2D eigenvalue weighted by molar-refractivity contribution is -0.127. The molecule has 0 saturated heterocycles. The molecule has 2 nitrogen and oxygen atoms in total. The summed E-state index contributed by atoms with van der Waals surface area (Å²) in [4.78, 5) is 14.8. The summed E-state index contributed by atoms with van der Waals surface area (Å²) in [5.74, 6) is 0.385. The average Bonchev–Trinajstić information content (AvgIpc) is 2.50. The van der Waals surface area contributed by atoms with Crippen molar-refractivity contribution >= 4 is 16.6 Å². The van der Waals surface area contributed by atoms with Crippen LogP contribution in [0.2, 0.25) is 0 Å². The lowest BCUT2D eigenvalue weighted by Crippen LogP contribution is -2.45. The number of ketones is 1. The molecular formula is C20H27NO. The van der Waals surface area contributed by atoms with Crippen LogP contribution in [0.25, 0.3) is 10.8 Å². The van der Waals surface area contributed by atoms with Gasteiger partial charge in [-0.05, 0) is 43.7 Å². The molecule has 0 spiro atoms. The van der Waals surface area contributed by atoms with Crippen molar-refractivity contribution in [1.82, 2.24) is 4.90 Å². The molecule has 22 heavy (non-hydrogen) atoms. The van der Waals surface area contributed by atoms with E-state index in [1.165, 1.54) is 16.3 Å². The zero-order valence-corrected chi connectivity index (χ0v) is 14.3. The first-order valence-electron chi connectivity index (χ1n) is 8.13. The lowest BCUT2D eigenvalue weighted by atomic mass is 9.93. The molecule has 0 aliphatic carbocycles. The summed E-state index contributed by atoms with van der Waals surface area (Å²) >= 11 is 0. The van der Waals surface area contributed by atoms with Gasteiger partial charge in [-0.3, -0.25) is 9.69 Å². The molecule has 0 fully saturated rings. The number of hydrogen-bond donors (Lipinski definition) is 0. The highest BCUT2D eigenvalue weighted by Gasteiger charge is 2.27. The molecule has 0 N–H and O–H groups in total. The topological polar surface area (TPSA) is 20.3 Å². The summed E-state index contributed by atoms with van der Waals surface area (Å²) in [6.07, 6.45) is 0.774. The Bertz CT molecular complexity index is 645. The molecule has 0 radical (unpaired) electrons. The van der Waals surface area contributed by atoms with Crippen LogP contribution in [0.15, 0.2) is 42.5 Å². The molecule has 0 aliphatic rings. The van der Waals surface area contributed by atoms with Gasteiger partial charge >= 0.3 is 0 Å². The standard InChI is InChI=1S/C20H27NO/c1-14(2)20(22)19(21(5)15(3)4)13-16-10-11-17-8-6-7-9-18(17)12-16/h6-12,14-15,19H,13H2,1-5H3/t19-/m0/s1. The van der Waals surface area contributed by atoms with E-state index < -0.39 is 0 Å². The number of rotatable bonds is 6. The van der Waals surface area contributed by atoms with Gasteiger partial charge in [0, 0.05) is 12.0 Å². The Labute approximate surface area is 134 Å². The van der Waals surface area contributed by atoms with E-state index in [2.05, 4.69) is 68.3 Å². The molecule has 0 bridgehead atoms. The van der Waals surface area contributed by atoms with Gasteiger partial charge in [-0.2, -0.15) is 0 Å². The van der Waals surface area contributed by atoms with Crippen molar-refractivity contribution in [2.45, 2.75) is 46.2 Å². The van der Waals surface area contributed by atoms with Crippen LogP contribution >= 0.6 is 0 Å². The van der Waals surface area contributed by atoms with Crippen LogP contribution in [-0.4, -0.2) is 29.8 Å². The molecule has 1 atom stereocenters. The highest BCUT2D eigenvalue weighted by molar-refractivity contribution is 5.87. The maximum Gasteiger partial charge on any atom is 0.152 e. The van der Waals surface area contributed by atoms with E-state index in [4.69, 9.17) is 0 Å². The Balaban J connectivity index is 2.29. The first kappa shape index (κ1) is 16.7. The molecule has 2 aromatic rings. The summed E-state index contributed by atoms with van der Waals surface area (Å²) in [5, 5.41) is 2.48. The molecule has 118 valence electrons. The number of likely N-dealkylation sites (N-methyl/N-ethyl adjacent to an activating group) is 1. The number of Topliss-reactive ketones (excluding diaryl/α,β-unsaturated/α-hetero) is 1. The smallest absolute Gasteiger partial charge is 0.152 e. The van der Waals surface area contributed by atoms with Crippen LogP contribution in [0.4, 0.5) is 0 Å². The minimum Gasteiger partial charge on any atom is -0.298 e. The van der Waals surface area contributed by atoms with Crippen molar-refractivity contribution in [3.05, 3.63) is 48.0 Å². The molecule has 2 rings (SSSR count). The van der Waals surface area contributed by atoms with Crippen LogP contribution in [0.3, 0.4) is 0 Å². The second kappa shape index (κ2) is 7.06. The van der Waals surface area contributed by atoms with Gasteiger partial charge in [0.2, 0.25) is 0 Å². The average molecular weight is 297 g/mol. The zero-order chi connectivity index (χ0) is 16.3. The van der Waals surface area contributed by atoms with Gasteiger partial charge in [0.05, 0.1) is 6.04 Å². The lowest BCUT2D eigenvalue weighted by Gasteiger charge is -2.31. The number of hydrogen-bond acceptors (Lipinski definition) is 2. The third-order valence-corrected chi connectivity index (χ3v) is 4.45. The molecule has 0 amide bonds. The van der Waals surface area contributed by atoms with Crippen LogP contribution in [0.5, 0.6) is 0 Å². The maximum atomic E-state index is 12.6. The fourth-order valence-electron chi connectivity index (χ4n) is 2.78. The second-order valence-corrected chi connectivity index (χ2v) is 6.72. The summed E-state index contributed by atoms with van der Waals surface area (Å²) in [7, 11) is 2.05. The summed E-state index contributed by atoms with van der Waals surface area (Å²) < 4.78 is 0. The van der Waals surface area contributed by atoms with Crippen molar-refractivity contribution in [3.8, 4) is 0 Å². The Kier molecular flexibility index (Phi) is 5.36. The van der Waals surface area contributed by atoms with Crippen molar-refractivity contribution in [3.63, 3.8) is 0 Å². The molecule has 0 aliphatic heterocycles. The maximum absolute atomic E-state index is 12.6. The molecule has 2 aromatic carbocycles. The predicted molar refractivity (Wildman–Crippen MR) is 94.2 cm³/mol. The third kappa shape index (κ3) is 3.75. The second-order valence-electron chi connectivity index (χ2n) is 6.72. The van der Waals surface area contributed by atoms with E-state index in [1.54, 1.807) is 0 Å². The Morgan fingerprint density at radius 3 is 2.23 bits per heavy atom. The number of nitrogens with zero attached hydrogens (tertiary/aromatic N) is 1. The molecule has 0 saturated carbocycles. The number of carbonyl (C=O) groups excluding carboxylic acids is 1. The molecule has 2 heteroatoms. The van der Waals surface area contributed by atoms with Gasteiger partial charge in [0.1, 0.15) is 0 Å². The van der Waals surface area contributed by atoms with Crippen molar-refractivity contribution < 1.29 is 4.79 Å². The highest BCUT2D eigenvalue weighted by Crippen LogP contribution is 2.20. The van der Waals surface area contributed by atoms with Crippen molar-refractivity contribution in [2.24, 2.45) is 5.92 Å². The fraction of sp³-hybridized carbons (Fsp3) is 0.450. The van der Waals surface area contributed by atoms with Crippen LogP contribution in [0, 0.1) is 5.92 Å². The van der Waals surface area contributed by atoms with Gasteiger partial charge in [0.15, 0.2) is 5.78 Å². The van der Waals surface area contributed by atoms with E-state index >= 15 is 0 Å². The Morgan fingerprint density at radius 1 is 1.00 bits per heavy atom. The van der Waals surface area contributed by atoms with E-state index in [-0.39, 0.29) is 12.0 Å². The third-order valence-electron chi connectivity index (χ3n) is 4.45. The van der Waals surface area contributed by atoms with E-state index in [1.807, 2.05) is 13.8 Å². The summed E-state index contributed by atoms with van der Waals surface area (Å²) in [6.45, 7) is 8.26. The first-order valence-corrected chi connectivity index (χ1v) is 8.13. The van der Waals surface area contributed by atoms with Crippen LogP contribution in [-0.2, 0) is 11.2 Å². The quantitative estimate of drug-likeness (QED) is 0.791. The van der Waals surface area contributed by atoms with Gasteiger partial charge in [-0.25, -0.2) is 0 Å². The van der Waals surface area contributed by atoms with E-state index in [0.29, 0.717) is 11.8 Å². The highest BCUT2D eigenvalue weighted by atomic mass is 16.1. The summed E-state index contributed by atoms with van der Waals surface area (Å²) in [6, 6.07) is 15.2. The summed E-state index contributed by atoms with van der Waals surface area (Å²) in [5.41, 5.74) is 1.23. The van der Waals surface area contributed by atoms with Crippen LogP contribution in [0.1, 0.15) is 33.3 Å².